The SMILES string of the molecule is C=C(C)C(=O)OCCCCCC(C)Oc1ccc(C(C)(C)c2ccc(OC(C)CCCCCOC(=O)C(=C)C)cc2)cc1. The van der Waals surface area contributed by atoms with Crippen molar-refractivity contribution in [2.45, 2.75) is 111 Å². The zero-order valence-electron chi connectivity index (χ0n) is 27.2. The fourth-order valence-electron chi connectivity index (χ4n) is 4.65. The normalized spacial score (nSPS) is 12.6. The molecular formula is C37H52O6. The van der Waals surface area contributed by atoms with Gasteiger partial charge in [-0.15, -0.1) is 0 Å². The smallest absolute Gasteiger partial charge is 0.333 e. The standard InChI is InChI=1S/C37H52O6/c1-27(2)35(38)40-25-13-9-11-15-29(5)42-33-21-17-31(18-22-33)37(7,8)32-19-23-34(24-20-32)43-30(6)16-12-10-14-26-41-36(39)28(3)4/h17-24,29-30H,1,3,9-16,25-26H2,2,4-8H3. The molecular weight excluding hydrogens is 540 g/mol. The fraction of sp³-hybridized carbons (Fsp3) is 0.514. The monoisotopic (exact) mass is 592 g/mol. The second-order valence-electron chi connectivity index (χ2n) is 12.1. The number of hydrogen-bond acceptors (Lipinski definition) is 6. The van der Waals surface area contributed by atoms with E-state index in [0.29, 0.717) is 24.4 Å². The number of unbranched alkanes of at least 4 members (excludes halogenated alkanes) is 4. The van der Waals surface area contributed by atoms with Crippen molar-refractivity contribution in [2.24, 2.45) is 0 Å². The van der Waals surface area contributed by atoms with E-state index in [2.05, 4.69) is 65.1 Å². The topological polar surface area (TPSA) is 71.1 Å². The van der Waals surface area contributed by atoms with Crippen molar-refractivity contribution in [2.75, 3.05) is 13.2 Å². The Bertz CT molecular complexity index is 1070. The van der Waals surface area contributed by atoms with Gasteiger partial charge in [0.15, 0.2) is 0 Å². The highest BCUT2D eigenvalue weighted by Gasteiger charge is 2.23. The van der Waals surface area contributed by atoms with Gasteiger partial charge in [0.25, 0.3) is 0 Å². The molecule has 0 bridgehead atoms. The number of benzene rings is 2. The highest BCUT2D eigenvalue weighted by molar-refractivity contribution is 5.87. The summed E-state index contributed by atoms with van der Waals surface area (Å²) in [7, 11) is 0. The van der Waals surface area contributed by atoms with E-state index in [9.17, 15) is 9.59 Å². The van der Waals surface area contributed by atoms with E-state index in [0.717, 1.165) is 62.9 Å². The maximum atomic E-state index is 11.4. The Morgan fingerprint density at radius 3 is 1.30 bits per heavy atom. The van der Waals surface area contributed by atoms with E-state index in [4.69, 9.17) is 18.9 Å². The summed E-state index contributed by atoms with van der Waals surface area (Å²) in [5.74, 6) is 1.10. The second kappa shape index (κ2) is 18.2. The molecule has 0 saturated heterocycles. The van der Waals surface area contributed by atoms with Gasteiger partial charge >= 0.3 is 11.9 Å². The van der Waals surface area contributed by atoms with Gasteiger partial charge < -0.3 is 18.9 Å². The maximum Gasteiger partial charge on any atom is 0.333 e. The Hall–Kier alpha value is -3.54. The molecule has 43 heavy (non-hydrogen) atoms. The van der Waals surface area contributed by atoms with Crippen molar-refractivity contribution in [1.29, 1.82) is 0 Å². The number of carbonyl (C=O) groups is 2. The van der Waals surface area contributed by atoms with Crippen LogP contribution in [-0.4, -0.2) is 37.4 Å². The summed E-state index contributed by atoms with van der Waals surface area (Å²) in [4.78, 5) is 22.8. The molecule has 0 fully saturated rings. The van der Waals surface area contributed by atoms with Crippen LogP contribution in [0.25, 0.3) is 0 Å². The molecule has 2 atom stereocenters. The number of ether oxygens (including phenoxy) is 4. The fourth-order valence-corrected chi connectivity index (χ4v) is 4.65. The summed E-state index contributed by atoms with van der Waals surface area (Å²) in [5.41, 5.74) is 3.13. The van der Waals surface area contributed by atoms with Crippen LogP contribution in [0, 0.1) is 0 Å². The lowest BCUT2D eigenvalue weighted by Crippen LogP contribution is -2.19. The van der Waals surface area contributed by atoms with E-state index >= 15 is 0 Å². The van der Waals surface area contributed by atoms with E-state index in [1.54, 1.807) is 13.8 Å². The zero-order chi connectivity index (χ0) is 31.8. The Balaban J connectivity index is 1.74. The van der Waals surface area contributed by atoms with Crippen molar-refractivity contribution in [3.8, 4) is 11.5 Å². The quantitative estimate of drug-likeness (QED) is 0.0869. The van der Waals surface area contributed by atoms with Gasteiger partial charge in [-0.3, -0.25) is 0 Å². The number of carbonyl (C=O) groups excluding carboxylic acids is 2. The lowest BCUT2D eigenvalue weighted by Gasteiger charge is -2.27. The summed E-state index contributed by atoms with van der Waals surface area (Å²) >= 11 is 0. The summed E-state index contributed by atoms with van der Waals surface area (Å²) in [6.07, 6.45) is 7.82. The van der Waals surface area contributed by atoms with E-state index < -0.39 is 0 Å². The molecule has 6 nitrogen and oxygen atoms in total. The van der Waals surface area contributed by atoms with Gasteiger partial charge in [0.2, 0.25) is 0 Å². The van der Waals surface area contributed by atoms with Crippen molar-refractivity contribution >= 4 is 11.9 Å². The largest absolute Gasteiger partial charge is 0.491 e. The van der Waals surface area contributed by atoms with Gasteiger partial charge in [0, 0.05) is 16.6 Å². The lowest BCUT2D eigenvalue weighted by atomic mass is 9.78. The third-order valence-corrected chi connectivity index (χ3v) is 7.50. The molecule has 0 aliphatic carbocycles. The molecule has 0 aliphatic rings. The molecule has 236 valence electrons. The van der Waals surface area contributed by atoms with Crippen LogP contribution in [0.4, 0.5) is 0 Å². The molecule has 2 aromatic carbocycles. The van der Waals surface area contributed by atoms with Gasteiger partial charge in [-0.1, -0.05) is 51.3 Å². The number of hydrogen-bond donors (Lipinski definition) is 0. The molecule has 0 amide bonds. The van der Waals surface area contributed by atoms with Crippen molar-refractivity contribution in [1.82, 2.24) is 0 Å². The van der Waals surface area contributed by atoms with Gasteiger partial charge in [-0.05, 0) is 114 Å². The van der Waals surface area contributed by atoms with Gasteiger partial charge in [0.1, 0.15) is 11.5 Å². The van der Waals surface area contributed by atoms with Crippen molar-refractivity contribution in [3.63, 3.8) is 0 Å². The third-order valence-electron chi connectivity index (χ3n) is 7.50. The predicted molar refractivity (Wildman–Crippen MR) is 174 cm³/mol. The highest BCUT2D eigenvalue weighted by Crippen LogP contribution is 2.33. The summed E-state index contributed by atoms with van der Waals surface area (Å²) in [6.45, 7) is 20.0. The summed E-state index contributed by atoms with van der Waals surface area (Å²) in [5, 5.41) is 0. The number of esters is 2. The van der Waals surface area contributed by atoms with Crippen molar-refractivity contribution < 1.29 is 28.5 Å². The minimum Gasteiger partial charge on any atom is -0.491 e. The van der Waals surface area contributed by atoms with E-state index in [-0.39, 0.29) is 29.6 Å². The van der Waals surface area contributed by atoms with Gasteiger partial charge in [-0.25, -0.2) is 9.59 Å². The van der Waals surface area contributed by atoms with Crippen LogP contribution in [0.15, 0.2) is 72.8 Å². The van der Waals surface area contributed by atoms with E-state index in [1.807, 2.05) is 24.3 Å². The Labute approximate surface area is 259 Å². The molecule has 0 aliphatic heterocycles. The molecule has 0 radical (unpaired) electrons. The average Bonchev–Trinajstić information content (AvgIpc) is 2.96. The lowest BCUT2D eigenvalue weighted by molar-refractivity contribution is -0.139. The second-order valence-corrected chi connectivity index (χ2v) is 12.1. The van der Waals surface area contributed by atoms with Crippen LogP contribution in [-0.2, 0) is 24.5 Å². The first kappa shape index (κ1) is 35.7. The molecule has 2 rings (SSSR count). The number of rotatable bonds is 20. The average molecular weight is 593 g/mol. The Morgan fingerprint density at radius 1 is 0.628 bits per heavy atom. The molecule has 6 heteroatoms. The van der Waals surface area contributed by atoms with Crippen LogP contribution in [0.1, 0.15) is 104 Å². The third kappa shape index (κ3) is 13.1. The summed E-state index contributed by atoms with van der Waals surface area (Å²) in [6, 6.07) is 16.8. The Morgan fingerprint density at radius 2 is 0.977 bits per heavy atom. The maximum absolute atomic E-state index is 11.4. The first-order chi connectivity index (χ1) is 20.4. The van der Waals surface area contributed by atoms with Crippen LogP contribution in [0.3, 0.4) is 0 Å². The van der Waals surface area contributed by atoms with Gasteiger partial charge in [-0.2, -0.15) is 0 Å². The summed E-state index contributed by atoms with van der Waals surface area (Å²) < 4.78 is 22.6. The first-order valence-corrected chi connectivity index (χ1v) is 15.6. The Kier molecular flexibility index (Phi) is 15.1. The first-order valence-electron chi connectivity index (χ1n) is 15.6. The molecule has 0 heterocycles. The van der Waals surface area contributed by atoms with Crippen molar-refractivity contribution in [3.05, 3.63) is 84.0 Å². The van der Waals surface area contributed by atoms with Gasteiger partial charge in [0.05, 0.1) is 25.4 Å². The molecule has 2 aromatic rings. The zero-order valence-corrected chi connectivity index (χ0v) is 27.2. The minimum atomic E-state index is -0.319. The van der Waals surface area contributed by atoms with Crippen LogP contribution in [0.2, 0.25) is 0 Å². The minimum absolute atomic E-state index is 0.109. The van der Waals surface area contributed by atoms with Crippen LogP contribution < -0.4 is 9.47 Å². The molecule has 2 unspecified atom stereocenters. The van der Waals surface area contributed by atoms with Crippen LogP contribution >= 0.6 is 0 Å². The highest BCUT2D eigenvalue weighted by atomic mass is 16.5. The molecule has 0 aromatic heterocycles. The molecule has 0 N–H and O–H groups in total. The van der Waals surface area contributed by atoms with Crippen LogP contribution in [0.5, 0.6) is 11.5 Å². The molecule has 0 spiro atoms. The molecule has 0 saturated carbocycles. The van der Waals surface area contributed by atoms with E-state index in [1.165, 1.54) is 11.1 Å². The predicted octanol–water partition coefficient (Wildman–Crippen LogP) is 8.91.